The molecule has 2 unspecified atom stereocenters. The van der Waals surface area contributed by atoms with Gasteiger partial charge in [0, 0.05) is 25.6 Å². The molecule has 1 fully saturated rings. The Morgan fingerprint density at radius 3 is 2.54 bits per heavy atom. The first-order chi connectivity index (χ1) is 11.5. The molecule has 2 atom stereocenters. The van der Waals surface area contributed by atoms with E-state index < -0.39 is 6.04 Å². The number of nitrogens with one attached hydrogen (secondary N) is 1. The summed E-state index contributed by atoms with van der Waals surface area (Å²) < 4.78 is 5.53. The van der Waals surface area contributed by atoms with Crippen LogP contribution in [-0.4, -0.2) is 42.0 Å². The normalized spacial score (nSPS) is 18.4. The average molecular weight is 332 g/mol. The highest BCUT2D eigenvalue weighted by Gasteiger charge is 2.28. The van der Waals surface area contributed by atoms with Crippen LogP contribution in [0, 0.1) is 5.92 Å². The van der Waals surface area contributed by atoms with Crippen LogP contribution in [0.25, 0.3) is 0 Å². The molecule has 0 spiro atoms. The Balaban J connectivity index is 2.01. The van der Waals surface area contributed by atoms with E-state index in [1.54, 1.807) is 11.8 Å². The third kappa shape index (κ3) is 5.06. The Kier molecular flexibility index (Phi) is 6.79. The van der Waals surface area contributed by atoms with Gasteiger partial charge in [0.2, 0.25) is 11.8 Å². The lowest BCUT2D eigenvalue weighted by atomic mass is 10.1. The highest BCUT2D eigenvalue weighted by molar-refractivity contribution is 5.88. The van der Waals surface area contributed by atoms with E-state index in [0.29, 0.717) is 13.1 Å². The number of nitrogens with zero attached hydrogens (tertiary/aromatic N) is 1. The predicted molar refractivity (Wildman–Crippen MR) is 93.3 cm³/mol. The van der Waals surface area contributed by atoms with Crippen molar-refractivity contribution in [2.24, 2.45) is 5.92 Å². The zero-order chi connectivity index (χ0) is 17.5. The number of hydrogen-bond acceptors (Lipinski definition) is 3. The largest absolute Gasteiger partial charge is 0.376 e. The van der Waals surface area contributed by atoms with Gasteiger partial charge in [-0.15, -0.1) is 0 Å². The van der Waals surface area contributed by atoms with Gasteiger partial charge in [-0.25, -0.2) is 0 Å². The minimum absolute atomic E-state index is 0.0152. The second-order valence-electron chi connectivity index (χ2n) is 6.66. The zero-order valence-corrected chi connectivity index (χ0v) is 14.8. The van der Waals surface area contributed by atoms with Crippen LogP contribution in [-0.2, 0) is 20.9 Å². The molecule has 2 amide bonds. The number of carbonyl (C=O) groups is 2. The van der Waals surface area contributed by atoms with Crippen molar-refractivity contribution in [3.05, 3.63) is 35.9 Å². The number of amides is 2. The molecule has 132 valence electrons. The summed E-state index contributed by atoms with van der Waals surface area (Å²) in [7, 11) is 0. The van der Waals surface area contributed by atoms with Crippen LogP contribution >= 0.6 is 0 Å². The molecule has 1 aliphatic rings. The molecule has 1 saturated heterocycles. The molecule has 5 heteroatoms. The molecule has 1 aromatic rings. The second-order valence-corrected chi connectivity index (χ2v) is 6.66. The van der Waals surface area contributed by atoms with Crippen molar-refractivity contribution in [2.45, 2.75) is 52.3 Å². The standard InChI is InChI=1S/C19H28N2O3/c1-14(2)19(23)21(13-16-8-5-4-6-9-16)15(3)18(22)20-12-17-10-7-11-24-17/h4-6,8-9,14-15,17H,7,10-13H2,1-3H3,(H,20,22). The van der Waals surface area contributed by atoms with Crippen molar-refractivity contribution in [2.75, 3.05) is 13.2 Å². The fourth-order valence-corrected chi connectivity index (χ4v) is 2.83. The van der Waals surface area contributed by atoms with E-state index in [0.717, 1.165) is 25.0 Å². The summed E-state index contributed by atoms with van der Waals surface area (Å²) >= 11 is 0. The summed E-state index contributed by atoms with van der Waals surface area (Å²) in [6, 6.07) is 9.25. The average Bonchev–Trinajstić information content (AvgIpc) is 3.10. The molecule has 1 aliphatic heterocycles. The lowest BCUT2D eigenvalue weighted by Gasteiger charge is -2.30. The molecule has 1 aromatic carbocycles. The van der Waals surface area contributed by atoms with Gasteiger partial charge >= 0.3 is 0 Å². The molecule has 1 heterocycles. The number of ether oxygens (including phenoxy) is 1. The van der Waals surface area contributed by atoms with E-state index in [1.165, 1.54) is 0 Å². The summed E-state index contributed by atoms with van der Waals surface area (Å²) in [4.78, 5) is 26.7. The number of benzene rings is 1. The van der Waals surface area contributed by atoms with Crippen molar-refractivity contribution in [1.29, 1.82) is 0 Å². The van der Waals surface area contributed by atoms with Gasteiger partial charge in [-0.2, -0.15) is 0 Å². The van der Waals surface area contributed by atoms with Crippen molar-refractivity contribution in [3.63, 3.8) is 0 Å². The summed E-state index contributed by atoms with van der Waals surface area (Å²) in [6.45, 7) is 7.22. The first-order valence-electron chi connectivity index (χ1n) is 8.72. The van der Waals surface area contributed by atoms with Crippen LogP contribution in [0.2, 0.25) is 0 Å². The maximum absolute atomic E-state index is 12.6. The molecule has 0 bridgehead atoms. The molecule has 24 heavy (non-hydrogen) atoms. The maximum Gasteiger partial charge on any atom is 0.242 e. The lowest BCUT2D eigenvalue weighted by molar-refractivity contribution is -0.143. The first-order valence-corrected chi connectivity index (χ1v) is 8.72. The number of carbonyl (C=O) groups excluding carboxylic acids is 2. The van der Waals surface area contributed by atoms with Crippen molar-refractivity contribution in [1.82, 2.24) is 10.2 Å². The van der Waals surface area contributed by atoms with Crippen LogP contribution in [0.1, 0.15) is 39.2 Å². The fraction of sp³-hybridized carbons (Fsp3) is 0.579. The topological polar surface area (TPSA) is 58.6 Å². The quantitative estimate of drug-likeness (QED) is 0.834. The minimum Gasteiger partial charge on any atom is -0.376 e. The van der Waals surface area contributed by atoms with E-state index in [2.05, 4.69) is 5.32 Å². The molecule has 0 aromatic heterocycles. The Bertz CT molecular complexity index is 539. The Hall–Kier alpha value is -1.88. The zero-order valence-electron chi connectivity index (χ0n) is 14.8. The Morgan fingerprint density at radius 1 is 1.25 bits per heavy atom. The summed E-state index contributed by atoms with van der Waals surface area (Å²) in [5.41, 5.74) is 1.02. The van der Waals surface area contributed by atoms with Crippen LogP contribution in [0.15, 0.2) is 30.3 Å². The van der Waals surface area contributed by atoms with Gasteiger partial charge in [0.15, 0.2) is 0 Å². The van der Waals surface area contributed by atoms with E-state index >= 15 is 0 Å². The van der Waals surface area contributed by atoms with E-state index in [9.17, 15) is 9.59 Å². The predicted octanol–water partition coefficient (Wildman–Crippen LogP) is 2.35. The van der Waals surface area contributed by atoms with Crippen molar-refractivity contribution >= 4 is 11.8 Å². The van der Waals surface area contributed by atoms with Gasteiger partial charge in [0.05, 0.1) is 6.10 Å². The lowest BCUT2D eigenvalue weighted by Crippen LogP contribution is -2.50. The number of hydrogen-bond donors (Lipinski definition) is 1. The van der Waals surface area contributed by atoms with Gasteiger partial charge < -0.3 is 15.0 Å². The molecule has 0 radical (unpaired) electrons. The smallest absolute Gasteiger partial charge is 0.242 e. The minimum atomic E-state index is -0.512. The molecule has 2 rings (SSSR count). The maximum atomic E-state index is 12.6. The highest BCUT2D eigenvalue weighted by atomic mass is 16.5. The molecule has 1 N–H and O–H groups in total. The van der Waals surface area contributed by atoms with E-state index in [1.807, 2.05) is 44.2 Å². The molecule has 0 aliphatic carbocycles. The van der Waals surface area contributed by atoms with Crippen LogP contribution in [0.3, 0.4) is 0 Å². The van der Waals surface area contributed by atoms with Crippen LogP contribution in [0.4, 0.5) is 0 Å². The molecular weight excluding hydrogens is 304 g/mol. The summed E-state index contributed by atoms with van der Waals surface area (Å²) in [5.74, 6) is -0.295. The molecule has 5 nitrogen and oxygen atoms in total. The Labute approximate surface area is 144 Å². The third-order valence-electron chi connectivity index (χ3n) is 4.35. The molecular formula is C19H28N2O3. The van der Waals surface area contributed by atoms with Gasteiger partial charge in [0.1, 0.15) is 6.04 Å². The number of rotatable bonds is 7. The van der Waals surface area contributed by atoms with Crippen LogP contribution in [0.5, 0.6) is 0 Å². The van der Waals surface area contributed by atoms with E-state index in [4.69, 9.17) is 4.74 Å². The van der Waals surface area contributed by atoms with E-state index in [-0.39, 0.29) is 23.8 Å². The SMILES string of the molecule is CC(C)C(=O)N(Cc1ccccc1)C(C)C(=O)NCC1CCCO1. The summed E-state index contributed by atoms with van der Waals surface area (Å²) in [5, 5.41) is 2.93. The van der Waals surface area contributed by atoms with Gasteiger partial charge in [-0.05, 0) is 25.3 Å². The van der Waals surface area contributed by atoms with Crippen molar-refractivity contribution in [3.8, 4) is 0 Å². The summed E-state index contributed by atoms with van der Waals surface area (Å²) in [6.07, 6.45) is 2.12. The third-order valence-corrected chi connectivity index (χ3v) is 4.35. The fourth-order valence-electron chi connectivity index (χ4n) is 2.83. The van der Waals surface area contributed by atoms with Gasteiger partial charge in [-0.3, -0.25) is 9.59 Å². The Morgan fingerprint density at radius 2 is 1.96 bits per heavy atom. The van der Waals surface area contributed by atoms with Gasteiger partial charge in [0.25, 0.3) is 0 Å². The second kappa shape index (κ2) is 8.83. The van der Waals surface area contributed by atoms with Gasteiger partial charge in [-0.1, -0.05) is 44.2 Å². The first kappa shape index (κ1) is 18.5. The monoisotopic (exact) mass is 332 g/mol. The van der Waals surface area contributed by atoms with Crippen molar-refractivity contribution < 1.29 is 14.3 Å². The van der Waals surface area contributed by atoms with Crippen LogP contribution < -0.4 is 5.32 Å². The highest BCUT2D eigenvalue weighted by Crippen LogP contribution is 2.14. The molecule has 0 saturated carbocycles.